The van der Waals surface area contributed by atoms with Crippen LogP contribution in [0.15, 0.2) is 61.2 Å². The number of nitrogens with one attached hydrogen (secondary N) is 2. The minimum Gasteiger partial charge on any atom is -0.385 e. The highest BCUT2D eigenvalue weighted by atomic mass is 15.3. The Labute approximate surface area is 175 Å². The third-order valence-electron chi connectivity index (χ3n) is 5.26. The summed E-state index contributed by atoms with van der Waals surface area (Å²) in [7, 11) is 0. The molecule has 0 aliphatic carbocycles. The fourth-order valence-electron chi connectivity index (χ4n) is 3.72. The number of aromatic nitrogens is 5. The molecule has 7 heteroatoms. The number of fused-ring (bicyclic) bond motifs is 1. The topological polar surface area (TPSA) is 80.5 Å². The van der Waals surface area contributed by atoms with Crippen molar-refractivity contribution >= 4 is 17.3 Å². The highest BCUT2D eigenvalue weighted by Crippen LogP contribution is 2.31. The molecule has 0 fully saturated rings. The molecule has 0 amide bonds. The lowest BCUT2D eigenvalue weighted by Crippen LogP contribution is -2.11. The van der Waals surface area contributed by atoms with E-state index in [0.29, 0.717) is 5.95 Å². The van der Waals surface area contributed by atoms with E-state index in [9.17, 15) is 0 Å². The predicted octanol–water partition coefficient (Wildman–Crippen LogP) is 4.52. The Balaban J connectivity index is 1.48. The van der Waals surface area contributed by atoms with Gasteiger partial charge in [-0.15, -0.1) is 0 Å². The summed E-state index contributed by atoms with van der Waals surface area (Å²) in [5, 5.41) is 11.5. The molecule has 0 unspecified atom stereocenters. The molecule has 1 aliphatic rings. The molecule has 0 saturated carbocycles. The average molecular weight is 397 g/mol. The third-order valence-corrected chi connectivity index (χ3v) is 5.26. The number of anilines is 3. The van der Waals surface area contributed by atoms with Gasteiger partial charge in [0.15, 0.2) is 0 Å². The zero-order valence-corrected chi connectivity index (χ0v) is 16.8. The molecule has 5 rings (SSSR count). The lowest BCUT2D eigenvalue weighted by atomic mass is 10.0. The van der Waals surface area contributed by atoms with Crippen LogP contribution < -0.4 is 10.6 Å². The maximum atomic E-state index is 4.77. The van der Waals surface area contributed by atoms with Crippen LogP contribution in [-0.4, -0.2) is 31.3 Å². The van der Waals surface area contributed by atoms with Crippen LogP contribution in [0.4, 0.5) is 17.3 Å². The second-order valence-electron chi connectivity index (χ2n) is 7.28. The van der Waals surface area contributed by atoms with Gasteiger partial charge >= 0.3 is 0 Å². The molecular formula is C23H23N7. The van der Waals surface area contributed by atoms with Gasteiger partial charge in [0.25, 0.3) is 0 Å². The molecule has 1 aromatic carbocycles. The molecule has 4 heterocycles. The Morgan fingerprint density at radius 3 is 3.00 bits per heavy atom. The van der Waals surface area contributed by atoms with Gasteiger partial charge in [0.1, 0.15) is 5.69 Å². The summed E-state index contributed by atoms with van der Waals surface area (Å²) in [6, 6.07) is 12.2. The van der Waals surface area contributed by atoms with E-state index in [1.807, 2.05) is 35.3 Å². The molecule has 2 N–H and O–H groups in total. The molecule has 7 nitrogen and oxygen atoms in total. The maximum absolute atomic E-state index is 4.77. The molecular weight excluding hydrogens is 374 g/mol. The fourth-order valence-corrected chi connectivity index (χ4v) is 3.72. The summed E-state index contributed by atoms with van der Waals surface area (Å²) in [5.41, 5.74) is 7.13. The first-order valence-electron chi connectivity index (χ1n) is 10.3. The number of rotatable bonds is 5. The maximum Gasteiger partial charge on any atom is 0.227 e. The first-order chi connectivity index (χ1) is 14.8. The molecule has 3 aromatic heterocycles. The van der Waals surface area contributed by atoms with Crippen molar-refractivity contribution in [1.82, 2.24) is 24.7 Å². The zero-order chi connectivity index (χ0) is 20.3. The van der Waals surface area contributed by atoms with Gasteiger partial charge in [0.2, 0.25) is 5.95 Å². The van der Waals surface area contributed by atoms with E-state index in [1.165, 1.54) is 17.7 Å². The van der Waals surface area contributed by atoms with E-state index >= 15 is 0 Å². The van der Waals surface area contributed by atoms with E-state index in [-0.39, 0.29) is 0 Å². The number of pyridine rings is 1. The van der Waals surface area contributed by atoms with Crippen LogP contribution in [0.2, 0.25) is 0 Å². The molecule has 0 radical (unpaired) electrons. The number of benzene rings is 1. The van der Waals surface area contributed by atoms with E-state index in [2.05, 4.69) is 45.7 Å². The van der Waals surface area contributed by atoms with Crippen molar-refractivity contribution in [3.63, 3.8) is 0 Å². The molecule has 150 valence electrons. The lowest BCUT2D eigenvalue weighted by molar-refractivity contribution is 0.662. The minimum atomic E-state index is 0.560. The largest absolute Gasteiger partial charge is 0.385 e. The van der Waals surface area contributed by atoms with Crippen molar-refractivity contribution in [2.45, 2.75) is 26.3 Å². The first kappa shape index (κ1) is 18.3. The van der Waals surface area contributed by atoms with Crippen LogP contribution in [0, 0.1) is 0 Å². The van der Waals surface area contributed by atoms with Crippen molar-refractivity contribution in [1.29, 1.82) is 0 Å². The van der Waals surface area contributed by atoms with Gasteiger partial charge in [-0.25, -0.2) is 9.97 Å². The Bertz CT molecular complexity index is 1170. The van der Waals surface area contributed by atoms with Crippen LogP contribution in [-0.2, 0) is 13.0 Å². The quantitative estimate of drug-likeness (QED) is 0.515. The number of aryl methyl sites for hydroxylation is 2. The monoisotopic (exact) mass is 397 g/mol. The Kier molecular flexibility index (Phi) is 4.85. The predicted molar refractivity (Wildman–Crippen MR) is 119 cm³/mol. The minimum absolute atomic E-state index is 0.560. The summed E-state index contributed by atoms with van der Waals surface area (Å²) >= 11 is 0. The molecule has 30 heavy (non-hydrogen) atoms. The molecule has 0 saturated heterocycles. The second-order valence-corrected chi connectivity index (χ2v) is 7.28. The van der Waals surface area contributed by atoms with Crippen LogP contribution in [0.1, 0.15) is 18.9 Å². The SMILES string of the molecule is CCn1cc(-c2ccnc(Nc3ccc4c(c3)NCCC4)n2)c(-c2cccnc2)n1. The number of nitrogens with zero attached hydrogens (tertiary/aromatic N) is 5. The summed E-state index contributed by atoms with van der Waals surface area (Å²) in [6.07, 6.45) is 9.68. The molecule has 0 atom stereocenters. The summed E-state index contributed by atoms with van der Waals surface area (Å²) in [5.74, 6) is 0.560. The first-order valence-corrected chi connectivity index (χ1v) is 10.3. The van der Waals surface area contributed by atoms with Crippen molar-refractivity contribution < 1.29 is 0 Å². The summed E-state index contributed by atoms with van der Waals surface area (Å²) in [4.78, 5) is 13.4. The van der Waals surface area contributed by atoms with E-state index in [0.717, 1.165) is 47.7 Å². The smallest absolute Gasteiger partial charge is 0.227 e. The Morgan fingerprint density at radius 1 is 1.17 bits per heavy atom. The fraction of sp³-hybridized carbons (Fsp3) is 0.217. The van der Waals surface area contributed by atoms with Crippen molar-refractivity contribution in [3.05, 3.63) is 66.7 Å². The Morgan fingerprint density at radius 2 is 2.13 bits per heavy atom. The Hall–Kier alpha value is -3.74. The van der Waals surface area contributed by atoms with E-state index in [4.69, 9.17) is 10.1 Å². The normalized spacial score (nSPS) is 12.8. The number of hydrogen-bond donors (Lipinski definition) is 2. The van der Waals surface area contributed by atoms with Gasteiger partial charge in [-0.2, -0.15) is 5.10 Å². The van der Waals surface area contributed by atoms with Gasteiger partial charge in [0.05, 0.1) is 5.69 Å². The van der Waals surface area contributed by atoms with Gasteiger partial charge in [-0.1, -0.05) is 6.07 Å². The van der Waals surface area contributed by atoms with Crippen LogP contribution >= 0.6 is 0 Å². The zero-order valence-electron chi connectivity index (χ0n) is 16.8. The lowest BCUT2D eigenvalue weighted by Gasteiger charge is -2.18. The summed E-state index contributed by atoms with van der Waals surface area (Å²) in [6.45, 7) is 3.87. The molecule has 1 aliphatic heterocycles. The van der Waals surface area contributed by atoms with Crippen LogP contribution in [0.25, 0.3) is 22.5 Å². The van der Waals surface area contributed by atoms with Crippen molar-refractivity contribution in [3.8, 4) is 22.5 Å². The molecule has 4 aromatic rings. The molecule has 0 spiro atoms. The van der Waals surface area contributed by atoms with Crippen molar-refractivity contribution in [2.24, 2.45) is 0 Å². The average Bonchev–Trinajstić information content (AvgIpc) is 3.25. The van der Waals surface area contributed by atoms with Crippen molar-refractivity contribution in [2.75, 3.05) is 17.2 Å². The van der Waals surface area contributed by atoms with Crippen LogP contribution in [0.5, 0.6) is 0 Å². The van der Waals surface area contributed by atoms with E-state index < -0.39 is 0 Å². The van der Waals surface area contributed by atoms with Crippen LogP contribution in [0.3, 0.4) is 0 Å². The van der Waals surface area contributed by atoms with Gasteiger partial charge in [-0.05, 0) is 55.7 Å². The highest BCUT2D eigenvalue weighted by Gasteiger charge is 2.15. The van der Waals surface area contributed by atoms with Gasteiger partial charge in [0, 0.05) is 60.4 Å². The van der Waals surface area contributed by atoms with Gasteiger partial charge < -0.3 is 10.6 Å². The highest BCUT2D eigenvalue weighted by molar-refractivity contribution is 5.78. The third kappa shape index (κ3) is 3.61. The number of hydrogen-bond acceptors (Lipinski definition) is 6. The molecule has 0 bridgehead atoms. The van der Waals surface area contributed by atoms with E-state index in [1.54, 1.807) is 12.4 Å². The second kappa shape index (κ2) is 7.94. The summed E-state index contributed by atoms with van der Waals surface area (Å²) < 4.78 is 1.92. The van der Waals surface area contributed by atoms with Gasteiger partial charge in [-0.3, -0.25) is 9.67 Å². The standard InChI is InChI=1S/C23H23N7/c1-2-30-15-19(22(29-30)17-6-3-10-24-14-17)20-9-12-26-23(28-20)27-18-8-7-16-5-4-11-25-21(16)13-18/h3,6-10,12-15,25H,2,4-5,11H2,1H3,(H,26,27,28).